The Kier molecular flexibility index (Phi) is 8.43. The molecule has 31 heavy (non-hydrogen) atoms. The van der Waals surface area contributed by atoms with E-state index in [9.17, 15) is 4.79 Å². The van der Waals surface area contributed by atoms with Gasteiger partial charge in [-0.05, 0) is 95.6 Å². The van der Waals surface area contributed by atoms with E-state index in [4.69, 9.17) is 0 Å². The Bertz CT molecular complexity index is 683. The third-order valence-corrected chi connectivity index (χ3v) is 8.32. The molecule has 174 valence electrons. The summed E-state index contributed by atoms with van der Waals surface area (Å²) in [5.41, 5.74) is 1.51. The van der Waals surface area contributed by atoms with E-state index in [-0.39, 0.29) is 17.9 Å². The summed E-state index contributed by atoms with van der Waals surface area (Å²) in [6.07, 6.45) is 8.74. The van der Waals surface area contributed by atoms with Crippen LogP contribution >= 0.6 is 11.3 Å². The average Bonchev–Trinajstić information content (AvgIpc) is 3.21. The van der Waals surface area contributed by atoms with Crippen molar-refractivity contribution in [2.45, 2.75) is 84.0 Å². The van der Waals surface area contributed by atoms with E-state index < -0.39 is 0 Å². The quantitative estimate of drug-likeness (QED) is 0.689. The largest absolute Gasteiger partial charge is 0.354 e. The van der Waals surface area contributed by atoms with Crippen LogP contribution in [0.1, 0.15) is 69.2 Å². The number of carbonyl (C=O) groups excluding carboxylic acids is 1. The van der Waals surface area contributed by atoms with Crippen molar-refractivity contribution in [3.63, 3.8) is 0 Å². The predicted octanol–water partition coefficient (Wildman–Crippen LogP) is 3.94. The summed E-state index contributed by atoms with van der Waals surface area (Å²) in [7, 11) is 0. The Balaban J connectivity index is 1.16. The Labute approximate surface area is 193 Å². The number of hydrogen-bond acceptors (Lipinski definition) is 5. The summed E-state index contributed by atoms with van der Waals surface area (Å²) in [4.78, 5) is 21.7. The fourth-order valence-corrected chi connectivity index (χ4v) is 6.48. The van der Waals surface area contributed by atoms with Crippen molar-refractivity contribution in [2.24, 2.45) is 5.92 Å². The zero-order valence-corrected chi connectivity index (χ0v) is 20.5. The molecule has 0 unspecified atom stereocenters. The summed E-state index contributed by atoms with van der Waals surface area (Å²) >= 11 is 1.95. The molecule has 1 aromatic rings. The fraction of sp³-hybridized carbons (Fsp3) is 0.800. The average molecular weight is 447 g/mol. The van der Waals surface area contributed by atoms with Crippen molar-refractivity contribution in [3.05, 3.63) is 21.9 Å². The maximum Gasteiger partial charge on any atom is 0.223 e. The highest BCUT2D eigenvalue weighted by Gasteiger charge is 2.30. The predicted molar refractivity (Wildman–Crippen MR) is 129 cm³/mol. The van der Waals surface area contributed by atoms with Crippen LogP contribution in [0, 0.1) is 5.92 Å². The summed E-state index contributed by atoms with van der Waals surface area (Å²) in [5.74, 6) is 0.483. The molecule has 3 saturated heterocycles. The molecule has 1 aromatic heterocycles. The molecule has 1 amide bonds. The van der Waals surface area contributed by atoms with Crippen LogP contribution in [0.5, 0.6) is 0 Å². The van der Waals surface area contributed by atoms with Crippen molar-refractivity contribution in [1.29, 1.82) is 0 Å². The third-order valence-electron chi connectivity index (χ3n) is 7.35. The van der Waals surface area contributed by atoms with Gasteiger partial charge in [-0.25, -0.2) is 0 Å². The topological polar surface area (TPSA) is 38.8 Å². The number of nitrogens with one attached hydrogen (secondary N) is 1. The minimum atomic E-state index is 0.219. The first-order chi connectivity index (χ1) is 15.1. The molecule has 0 radical (unpaired) electrons. The molecule has 4 heterocycles. The van der Waals surface area contributed by atoms with E-state index in [2.05, 4.69) is 31.5 Å². The Morgan fingerprint density at radius 3 is 2.32 bits per heavy atom. The minimum absolute atomic E-state index is 0.219. The van der Waals surface area contributed by atoms with E-state index in [1.54, 1.807) is 0 Å². The zero-order chi connectivity index (χ0) is 21.6. The molecule has 0 aromatic carbocycles. The number of piperidine rings is 3. The lowest BCUT2D eigenvalue weighted by Gasteiger charge is -2.41. The van der Waals surface area contributed by atoms with Gasteiger partial charge in [0.1, 0.15) is 0 Å². The van der Waals surface area contributed by atoms with Gasteiger partial charge in [0, 0.05) is 49.1 Å². The molecule has 5 nitrogen and oxygen atoms in total. The molecule has 0 spiro atoms. The van der Waals surface area contributed by atoms with Gasteiger partial charge in [-0.15, -0.1) is 11.3 Å². The van der Waals surface area contributed by atoms with Crippen LogP contribution in [0.25, 0.3) is 0 Å². The number of amides is 1. The summed E-state index contributed by atoms with van der Waals surface area (Å²) in [6.45, 7) is 13.5. The van der Waals surface area contributed by atoms with Crippen molar-refractivity contribution in [3.8, 4) is 0 Å². The zero-order valence-electron chi connectivity index (χ0n) is 19.7. The van der Waals surface area contributed by atoms with Crippen LogP contribution in [-0.4, -0.2) is 72.0 Å². The Morgan fingerprint density at radius 1 is 0.968 bits per heavy atom. The lowest BCUT2D eigenvalue weighted by molar-refractivity contribution is -0.127. The van der Waals surface area contributed by atoms with Crippen LogP contribution in [0.15, 0.2) is 11.4 Å². The van der Waals surface area contributed by atoms with Crippen molar-refractivity contribution < 1.29 is 4.79 Å². The second kappa shape index (κ2) is 11.3. The van der Waals surface area contributed by atoms with Crippen LogP contribution in [-0.2, 0) is 17.9 Å². The van der Waals surface area contributed by atoms with Gasteiger partial charge in [0.05, 0.1) is 0 Å². The van der Waals surface area contributed by atoms with Gasteiger partial charge in [0.25, 0.3) is 0 Å². The molecule has 3 aliphatic heterocycles. The monoisotopic (exact) mass is 446 g/mol. The van der Waals surface area contributed by atoms with Crippen LogP contribution in [0.4, 0.5) is 0 Å². The smallest absolute Gasteiger partial charge is 0.223 e. The molecular weight excluding hydrogens is 404 g/mol. The molecule has 0 atom stereocenters. The normalized spacial score (nSPS) is 23.5. The van der Waals surface area contributed by atoms with Crippen molar-refractivity contribution in [2.75, 3.05) is 39.3 Å². The van der Waals surface area contributed by atoms with Gasteiger partial charge in [0.2, 0.25) is 5.91 Å². The SMILES string of the molecule is CC(C)NC(=O)C1CCN(C2CCN(Cc3cc(CN4CCCCC4)cs3)CC2)CC1. The van der Waals surface area contributed by atoms with E-state index >= 15 is 0 Å². The summed E-state index contributed by atoms with van der Waals surface area (Å²) < 4.78 is 0. The van der Waals surface area contributed by atoms with Crippen LogP contribution in [0.2, 0.25) is 0 Å². The van der Waals surface area contributed by atoms with E-state index in [0.29, 0.717) is 6.04 Å². The first-order valence-electron chi connectivity index (χ1n) is 12.6. The van der Waals surface area contributed by atoms with Gasteiger partial charge in [-0.1, -0.05) is 6.42 Å². The maximum absolute atomic E-state index is 12.3. The summed E-state index contributed by atoms with van der Waals surface area (Å²) in [5, 5.41) is 5.48. The van der Waals surface area contributed by atoms with E-state index in [0.717, 1.165) is 39.0 Å². The highest BCUT2D eigenvalue weighted by atomic mass is 32.1. The first kappa shape index (κ1) is 23.2. The number of rotatable bonds is 7. The van der Waals surface area contributed by atoms with Crippen LogP contribution < -0.4 is 5.32 Å². The van der Waals surface area contributed by atoms with E-state index in [1.165, 1.54) is 68.7 Å². The number of carbonyl (C=O) groups is 1. The molecule has 4 rings (SSSR count). The number of thiophene rings is 1. The van der Waals surface area contributed by atoms with Gasteiger partial charge >= 0.3 is 0 Å². The second-order valence-electron chi connectivity index (χ2n) is 10.2. The lowest BCUT2D eigenvalue weighted by atomic mass is 9.92. The molecule has 0 bridgehead atoms. The molecule has 0 saturated carbocycles. The first-order valence-corrected chi connectivity index (χ1v) is 13.5. The lowest BCUT2D eigenvalue weighted by Crippen LogP contribution is -2.49. The molecular formula is C25H42N4OS. The van der Waals surface area contributed by atoms with Crippen molar-refractivity contribution >= 4 is 17.2 Å². The second-order valence-corrected chi connectivity index (χ2v) is 11.2. The molecule has 0 aliphatic carbocycles. The van der Waals surface area contributed by atoms with Gasteiger partial charge in [0.15, 0.2) is 0 Å². The fourth-order valence-electron chi connectivity index (χ4n) is 5.56. The molecule has 1 N–H and O–H groups in total. The Hall–Kier alpha value is -0.950. The number of nitrogens with zero attached hydrogens (tertiary/aromatic N) is 3. The summed E-state index contributed by atoms with van der Waals surface area (Å²) in [6, 6.07) is 3.42. The Morgan fingerprint density at radius 2 is 1.65 bits per heavy atom. The molecule has 3 fully saturated rings. The molecule has 3 aliphatic rings. The van der Waals surface area contributed by atoms with Gasteiger partial charge < -0.3 is 10.2 Å². The molecule has 6 heteroatoms. The van der Waals surface area contributed by atoms with E-state index in [1.807, 2.05) is 25.2 Å². The highest BCUT2D eigenvalue weighted by molar-refractivity contribution is 7.10. The van der Waals surface area contributed by atoms with Gasteiger partial charge in [-0.3, -0.25) is 14.6 Å². The van der Waals surface area contributed by atoms with Gasteiger partial charge in [-0.2, -0.15) is 0 Å². The third kappa shape index (κ3) is 6.77. The number of likely N-dealkylation sites (tertiary alicyclic amines) is 3. The van der Waals surface area contributed by atoms with Crippen LogP contribution in [0.3, 0.4) is 0 Å². The minimum Gasteiger partial charge on any atom is -0.354 e. The van der Waals surface area contributed by atoms with Crippen molar-refractivity contribution in [1.82, 2.24) is 20.0 Å². The standard InChI is InChI=1S/C25H42N4OS/c1-20(2)26-25(30)22-6-14-29(15-7-22)23-8-12-28(13-9-23)18-24-16-21(19-31-24)17-27-10-4-3-5-11-27/h16,19-20,22-23H,3-15,17-18H2,1-2H3,(H,26,30). The number of hydrogen-bond donors (Lipinski definition) is 1. The highest BCUT2D eigenvalue weighted by Crippen LogP contribution is 2.26. The maximum atomic E-state index is 12.3.